The Balaban J connectivity index is 1.80. The standard InChI is InChI=1S/C37H42N4O5/c1-9-23-19(3)28-16-31-24(10-2)21(5)36(40-31)27(18-42)37-22(6)26(12-14-35(44)46-8)33(41-37)17-32-25(11-13-34(43)45-7)20(4)29(39-32)15-30(23)38-28/h15-18,38,42H,9-14H2,1-8H3/b27-18+,29-15?,31-16?,33-17?. The Morgan fingerprint density at radius 2 is 1.30 bits per heavy atom. The minimum absolute atomic E-state index is 0.171. The molecule has 0 saturated carbocycles. The van der Waals surface area contributed by atoms with E-state index in [9.17, 15) is 14.7 Å². The number of aromatic amines is 1. The Morgan fingerprint density at radius 3 is 1.87 bits per heavy atom. The number of rotatable bonds is 8. The number of aromatic nitrogens is 1. The minimum Gasteiger partial charge on any atom is -0.515 e. The van der Waals surface area contributed by atoms with Crippen LogP contribution < -0.4 is 0 Å². The van der Waals surface area contributed by atoms with Crippen LogP contribution in [-0.2, 0) is 25.5 Å². The SMILES string of the molecule is CCC1=C(C)C2=NC1=Cc1[nH]c(c(CC)c1C)C=C1N=C(C=C3N=C(C(C)=C3CCC(=O)OC)/C2=C/O)C(CCC(=O)OC)=C1C. The summed E-state index contributed by atoms with van der Waals surface area (Å²) in [6.07, 6.45) is 9.99. The summed E-state index contributed by atoms with van der Waals surface area (Å²) in [7, 11) is 2.76. The number of H-pyrrole nitrogens is 1. The van der Waals surface area contributed by atoms with Gasteiger partial charge >= 0.3 is 11.9 Å². The van der Waals surface area contributed by atoms with Crippen LogP contribution in [0.2, 0.25) is 0 Å². The molecule has 0 saturated heterocycles. The number of carbonyl (C=O) groups is 2. The summed E-state index contributed by atoms with van der Waals surface area (Å²) in [5, 5.41) is 10.7. The largest absolute Gasteiger partial charge is 0.515 e. The highest BCUT2D eigenvalue weighted by Gasteiger charge is 2.32. The normalized spacial score (nSPS) is 18.5. The highest BCUT2D eigenvalue weighted by molar-refractivity contribution is 6.36. The summed E-state index contributed by atoms with van der Waals surface area (Å²) in [6, 6.07) is 0. The number of hydrogen-bond donors (Lipinski definition) is 2. The van der Waals surface area contributed by atoms with E-state index < -0.39 is 0 Å². The van der Waals surface area contributed by atoms with E-state index in [1.807, 2.05) is 26.8 Å². The van der Waals surface area contributed by atoms with Crippen LogP contribution in [0.5, 0.6) is 0 Å². The summed E-state index contributed by atoms with van der Waals surface area (Å²) in [4.78, 5) is 43.3. The maximum Gasteiger partial charge on any atom is 0.305 e. The number of fused-ring (bicyclic) bond motifs is 5. The van der Waals surface area contributed by atoms with Crippen molar-refractivity contribution < 1.29 is 24.2 Å². The van der Waals surface area contributed by atoms with Crippen molar-refractivity contribution in [1.82, 2.24) is 4.98 Å². The third-order valence-electron chi connectivity index (χ3n) is 9.33. The number of aliphatic hydroxyl groups is 1. The van der Waals surface area contributed by atoms with Gasteiger partial charge in [0.25, 0.3) is 0 Å². The Morgan fingerprint density at radius 1 is 0.739 bits per heavy atom. The van der Waals surface area contributed by atoms with E-state index >= 15 is 0 Å². The number of methoxy groups -OCH3 is 2. The Bertz CT molecular complexity index is 1850. The van der Waals surface area contributed by atoms with Crippen LogP contribution in [0.25, 0.3) is 12.2 Å². The fraction of sp³-hybridized carbons (Fsp3) is 0.378. The number of ether oxygens (including phenoxy) is 2. The van der Waals surface area contributed by atoms with E-state index in [1.165, 1.54) is 19.8 Å². The summed E-state index contributed by atoms with van der Waals surface area (Å²) >= 11 is 0. The number of carbonyl (C=O) groups excluding carboxylic acids is 2. The van der Waals surface area contributed by atoms with E-state index in [-0.39, 0.29) is 24.8 Å². The molecule has 0 unspecified atom stereocenters. The van der Waals surface area contributed by atoms with E-state index in [2.05, 4.69) is 37.9 Å². The van der Waals surface area contributed by atoms with Gasteiger partial charge in [0, 0.05) is 24.2 Å². The zero-order valence-corrected chi connectivity index (χ0v) is 28.0. The molecule has 0 atom stereocenters. The van der Waals surface area contributed by atoms with E-state index in [4.69, 9.17) is 24.5 Å². The van der Waals surface area contributed by atoms with Crippen molar-refractivity contribution in [2.75, 3.05) is 14.2 Å². The molecule has 4 aliphatic heterocycles. The van der Waals surface area contributed by atoms with Crippen LogP contribution in [0.4, 0.5) is 0 Å². The molecule has 9 heteroatoms. The van der Waals surface area contributed by atoms with Crippen molar-refractivity contribution in [3.63, 3.8) is 0 Å². The van der Waals surface area contributed by atoms with Gasteiger partial charge in [-0.1, -0.05) is 13.8 Å². The van der Waals surface area contributed by atoms with Crippen molar-refractivity contribution in [1.29, 1.82) is 0 Å². The minimum atomic E-state index is -0.323. The van der Waals surface area contributed by atoms with Gasteiger partial charge in [0.15, 0.2) is 0 Å². The Kier molecular flexibility index (Phi) is 9.42. The molecule has 240 valence electrons. The first-order chi connectivity index (χ1) is 22.1. The number of nitrogens with one attached hydrogen (secondary N) is 1. The number of esters is 2. The van der Waals surface area contributed by atoms with E-state index in [0.717, 1.165) is 80.9 Å². The quantitative estimate of drug-likeness (QED) is 0.229. The van der Waals surface area contributed by atoms with Gasteiger partial charge in [-0.2, -0.15) is 0 Å². The average Bonchev–Trinajstić information content (AvgIpc) is 3.72. The van der Waals surface area contributed by atoms with Crippen molar-refractivity contribution in [3.05, 3.63) is 91.0 Å². The molecule has 5 heterocycles. The van der Waals surface area contributed by atoms with Gasteiger partial charge in [0.1, 0.15) is 0 Å². The molecule has 1 aromatic rings. The molecule has 0 aliphatic carbocycles. The lowest BCUT2D eigenvalue weighted by molar-refractivity contribution is -0.141. The molecule has 4 aliphatic rings. The second kappa shape index (κ2) is 13.3. The first kappa shape index (κ1) is 32.6. The van der Waals surface area contributed by atoms with Gasteiger partial charge in [-0.25, -0.2) is 15.0 Å². The van der Waals surface area contributed by atoms with Crippen LogP contribution in [0.3, 0.4) is 0 Å². The molecular weight excluding hydrogens is 580 g/mol. The molecule has 2 N–H and O–H groups in total. The first-order valence-corrected chi connectivity index (χ1v) is 15.8. The third-order valence-corrected chi connectivity index (χ3v) is 9.33. The van der Waals surface area contributed by atoms with Crippen LogP contribution in [0.15, 0.2) is 83.4 Å². The predicted molar refractivity (Wildman–Crippen MR) is 183 cm³/mol. The third kappa shape index (κ3) is 5.82. The van der Waals surface area contributed by atoms with Crippen LogP contribution in [-0.4, -0.2) is 53.4 Å². The molecule has 0 radical (unpaired) electrons. The molecule has 0 fully saturated rings. The number of aliphatic imine (C=N–C) groups is 3. The van der Waals surface area contributed by atoms with Gasteiger partial charge in [-0.3, -0.25) is 9.59 Å². The summed E-state index contributed by atoms with van der Waals surface area (Å²) in [5.74, 6) is -0.621. The van der Waals surface area contributed by atoms with E-state index in [0.29, 0.717) is 41.2 Å². The van der Waals surface area contributed by atoms with Gasteiger partial charge < -0.3 is 19.6 Å². The lowest BCUT2D eigenvalue weighted by Gasteiger charge is -2.10. The Hall–Kier alpha value is -4.79. The predicted octanol–water partition coefficient (Wildman–Crippen LogP) is 7.54. The monoisotopic (exact) mass is 622 g/mol. The van der Waals surface area contributed by atoms with E-state index in [1.54, 1.807) is 0 Å². The number of allylic oxidation sites excluding steroid dienone is 8. The molecule has 9 nitrogen and oxygen atoms in total. The summed E-state index contributed by atoms with van der Waals surface area (Å²) < 4.78 is 9.90. The highest BCUT2D eigenvalue weighted by Crippen LogP contribution is 2.39. The number of hydrogen-bond acceptors (Lipinski definition) is 8. The smallest absolute Gasteiger partial charge is 0.305 e. The maximum atomic E-state index is 12.2. The number of nitrogens with zero attached hydrogens (tertiary/aromatic N) is 3. The lowest BCUT2D eigenvalue weighted by atomic mass is 9.92. The summed E-state index contributed by atoms with van der Waals surface area (Å²) in [5.41, 5.74) is 14.7. The van der Waals surface area contributed by atoms with Crippen molar-refractivity contribution >= 4 is 41.2 Å². The van der Waals surface area contributed by atoms with Crippen LogP contribution in [0.1, 0.15) is 89.2 Å². The molecular formula is C37H42N4O5. The van der Waals surface area contributed by atoms with Crippen molar-refractivity contribution in [3.8, 4) is 0 Å². The fourth-order valence-electron chi connectivity index (χ4n) is 6.64. The molecule has 0 aromatic carbocycles. The van der Waals surface area contributed by atoms with Gasteiger partial charge in [0.2, 0.25) is 0 Å². The van der Waals surface area contributed by atoms with Gasteiger partial charge in [-0.05, 0) is 116 Å². The van der Waals surface area contributed by atoms with Crippen molar-refractivity contribution in [2.24, 2.45) is 15.0 Å². The number of aliphatic hydroxyl groups excluding tert-OH is 1. The first-order valence-electron chi connectivity index (χ1n) is 15.8. The summed E-state index contributed by atoms with van der Waals surface area (Å²) in [6.45, 7) is 12.4. The Labute approximate surface area is 270 Å². The molecule has 0 spiro atoms. The van der Waals surface area contributed by atoms with Crippen molar-refractivity contribution in [2.45, 2.75) is 80.1 Å². The van der Waals surface area contributed by atoms with Crippen LogP contribution >= 0.6 is 0 Å². The molecule has 8 bridgehead atoms. The maximum absolute atomic E-state index is 12.2. The van der Waals surface area contributed by atoms with Gasteiger partial charge in [0.05, 0.1) is 60.3 Å². The van der Waals surface area contributed by atoms with Crippen LogP contribution in [0, 0.1) is 6.92 Å². The topological polar surface area (TPSA) is 126 Å². The van der Waals surface area contributed by atoms with Gasteiger partial charge in [-0.15, -0.1) is 0 Å². The fourth-order valence-corrected chi connectivity index (χ4v) is 6.64. The average molecular weight is 623 g/mol. The second-order valence-electron chi connectivity index (χ2n) is 11.8. The molecule has 0 amide bonds. The molecule has 5 rings (SSSR count). The highest BCUT2D eigenvalue weighted by atomic mass is 16.5. The zero-order valence-electron chi connectivity index (χ0n) is 28.0. The molecule has 1 aromatic heterocycles. The second-order valence-corrected chi connectivity index (χ2v) is 11.8. The zero-order chi connectivity index (χ0) is 33.3. The lowest BCUT2D eigenvalue weighted by Crippen LogP contribution is -2.13. The molecule has 46 heavy (non-hydrogen) atoms.